The summed E-state index contributed by atoms with van der Waals surface area (Å²) in [5, 5.41) is 7.79. The predicted octanol–water partition coefficient (Wildman–Crippen LogP) is 5.84. The van der Waals surface area contributed by atoms with Gasteiger partial charge in [0.1, 0.15) is 11.5 Å². The van der Waals surface area contributed by atoms with E-state index in [0.717, 1.165) is 27.9 Å². The Morgan fingerprint density at radius 2 is 1.97 bits per heavy atom. The van der Waals surface area contributed by atoms with Gasteiger partial charge in [-0.25, -0.2) is 4.39 Å². The quantitative estimate of drug-likeness (QED) is 0.340. The zero-order chi connectivity index (χ0) is 27.0. The van der Waals surface area contributed by atoms with Crippen LogP contribution in [0.1, 0.15) is 81.5 Å². The van der Waals surface area contributed by atoms with Gasteiger partial charge in [0, 0.05) is 35.6 Å². The highest BCUT2D eigenvalue weighted by atomic mass is 19.1. The molecule has 5 rings (SSSR count). The molecule has 38 heavy (non-hydrogen) atoms. The molecule has 0 saturated carbocycles. The van der Waals surface area contributed by atoms with Crippen molar-refractivity contribution in [3.8, 4) is 0 Å². The van der Waals surface area contributed by atoms with Crippen LogP contribution in [0.2, 0.25) is 0 Å². The number of amides is 2. The van der Waals surface area contributed by atoms with Crippen LogP contribution >= 0.6 is 0 Å². The summed E-state index contributed by atoms with van der Waals surface area (Å²) in [6, 6.07) is 16.0. The summed E-state index contributed by atoms with van der Waals surface area (Å²) in [4.78, 5) is 31.5. The molecule has 0 saturated heterocycles. The molecular weight excluding hydrogens is 481 g/mol. The number of carbonyl (C=O) groups excluding carboxylic acids is 2. The van der Waals surface area contributed by atoms with Gasteiger partial charge in [0.05, 0.1) is 13.1 Å². The molecule has 1 aliphatic heterocycles. The minimum atomic E-state index is -0.321. The Labute approximate surface area is 221 Å². The van der Waals surface area contributed by atoms with Gasteiger partial charge in [-0.2, -0.15) is 5.10 Å². The van der Waals surface area contributed by atoms with Gasteiger partial charge < -0.3 is 15.2 Å². The third-order valence-electron chi connectivity index (χ3n) is 7.17. The van der Waals surface area contributed by atoms with Gasteiger partial charge in [-0.1, -0.05) is 39.0 Å². The molecule has 0 bridgehead atoms. The topological polar surface area (TPSA) is 83.0 Å². The normalized spacial score (nSPS) is 15.0. The number of H-pyrrole nitrogens is 1. The van der Waals surface area contributed by atoms with Crippen LogP contribution in [0.25, 0.3) is 0 Å². The van der Waals surface area contributed by atoms with Crippen molar-refractivity contribution in [3.05, 3.63) is 106 Å². The number of benzene rings is 2. The number of aryl methyl sites for hydroxylation is 1. The lowest BCUT2D eigenvalue weighted by Gasteiger charge is -2.32. The van der Waals surface area contributed by atoms with E-state index in [2.05, 4.69) is 24.1 Å². The average Bonchev–Trinajstić information content (AvgIpc) is 3.54. The standard InChI is InChI=1S/C30H32FN5O2/c1-18(2)21-7-5-8-24(14-21)33-29(37)27-25-17-35(30(38)26-9-6-12-32-26)15-20(4)28(25)36(34-27)16-22-10-11-23(31)13-19(22)3/h5-14,18,20,32H,15-17H2,1-4H3,(H,33,37)/t20-/m1/s1. The molecule has 196 valence electrons. The van der Waals surface area contributed by atoms with E-state index < -0.39 is 0 Å². The van der Waals surface area contributed by atoms with Gasteiger partial charge in [-0.3, -0.25) is 14.3 Å². The fourth-order valence-corrected chi connectivity index (χ4v) is 5.15. The maximum Gasteiger partial charge on any atom is 0.276 e. The monoisotopic (exact) mass is 513 g/mol. The second kappa shape index (κ2) is 10.3. The first-order chi connectivity index (χ1) is 18.2. The number of rotatable bonds is 6. The molecule has 4 aromatic rings. The van der Waals surface area contributed by atoms with Gasteiger partial charge >= 0.3 is 0 Å². The van der Waals surface area contributed by atoms with Crippen LogP contribution in [0, 0.1) is 12.7 Å². The van der Waals surface area contributed by atoms with E-state index in [0.29, 0.717) is 36.1 Å². The van der Waals surface area contributed by atoms with Gasteiger partial charge in [0.2, 0.25) is 0 Å². The Morgan fingerprint density at radius 1 is 1.16 bits per heavy atom. The zero-order valence-electron chi connectivity index (χ0n) is 22.1. The van der Waals surface area contributed by atoms with Crippen LogP contribution in [0.5, 0.6) is 0 Å². The van der Waals surface area contributed by atoms with Gasteiger partial charge in [0.25, 0.3) is 11.8 Å². The first-order valence-corrected chi connectivity index (χ1v) is 12.9. The molecule has 2 amide bonds. The third kappa shape index (κ3) is 4.98. The number of aromatic amines is 1. The van der Waals surface area contributed by atoms with E-state index in [9.17, 15) is 14.0 Å². The van der Waals surface area contributed by atoms with Crippen molar-refractivity contribution in [1.82, 2.24) is 19.7 Å². The van der Waals surface area contributed by atoms with E-state index in [-0.39, 0.29) is 30.1 Å². The molecular formula is C30H32FN5O2. The summed E-state index contributed by atoms with van der Waals surface area (Å²) in [7, 11) is 0. The summed E-state index contributed by atoms with van der Waals surface area (Å²) in [5.74, 6) is -0.462. The van der Waals surface area contributed by atoms with E-state index >= 15 is 0 Å². The average molecular weight is 514 g/mol. The van der Waals surface area contributed by atoms with E-state index in [1.54, 1.807) is 29.3 Å². The van der Waals surface area contributed by atoms with Crippen molar-refractivity contribution in [1.29, 1.82) is 0 Å². The number of halogens is 1. The molecule has 2 N–H and O–H groups in total. The van der Waals surface area contributed by atoms with Crippen molar-refractivity contribution in [3.63, 3.8) is 0 Å². The van der Waals surface area contributed by atoms with Crippen LogP contribution in [0.15, 0.2) is 60.8 Å². The largest absolute Gasteiger partial charge is 0.357 e. The fraction of sp³-hybridized carbons (Fsp3) is 0.300. The molecule has 1 atom stereocenters. The number of hydrogen-bond acceptors (Lipinski definition) is 3. The molecule has 0 spiro atoms. The van der Waals surface area contributed by atoms with E-state index in [1.165, 1.54) is 12.1 Å². The summed E-state index contributed by atoms with van der Waals surface area (Å²) in [6.07, 6.45) is 1.72. The lowest BCUT2D eigenvalue weighted by molar-refractivity contribution is 0.0711. The van der Waals surface area contributed by atoms with Crippen LogP contribution in [-0.2, 0) is 13.1 Å². The van der Waals surface area contributed by atoms with Crippen LogP contribution < -0.4 is 5.32 Å². The Morgan fingerprint density at radius 3 is 2.68 bits per heavy atom. The number of nitrogens with zero attached hydrogens (tertiary/aromatic N) is 3. The van der Waals surface area contributed by atoms with Gasteiger partial charge in [-0.05, 0) is 65.9 Å². The zero-order valence-corrected chi connectivity index (χ0v) is 22.1. The third-order valence-corrected chi connectivity index (χ3v) is 7.17. The Balaban J connectivity index is 1.53. The second-order valence-electron chi connectivity index (χ2n) is 10.3. The number of carbonyl (C=O) groups is 2. The van der Waals surface area contributed by atoms with E-state index in [1.807, 2.05) is 42.8 Å². The van der Waals surface area contributed by atoms with Crippen LogP contribution in [-0.4, -0.2) is 38.0 Å². The highest BCUT2D eigenvalue weighted by Crippen LogP contribution is 2.33. The predicted molar refractivity (Wildman–Crippen MR) is 145 cm³/mol. The SMILES string of the molecule is Cc1cc(F)ccc1Cn1nc(C(=O)Nc2cccc(C(C)C)c2)c2c1[C@H](C)CN(C(=O)c1ccc[nH]1)C2. The molecule has 1 aliphatic rings. The van der Waals surface area contributed by atoms with Crippen LogP contribution in [0.3, 0.4) is 0 Å². The Bertz CT molecular complexity index is 1490. The highest BCUT2D eigenvalue weighted by Gasteiger charge is 2.34. The van der Waals surface area contributed by atoms with Crippen molar-refractivity contribution >= 4 is 17.5 Å². The van der Waals surface area contributed by atoms with Gasteiger partial charge in [0.15, 0.2) is 5.69 Å². The molecule has 0 radical (unpaired) electrons. The number of hydrogen-bond donors (Lipinski definition) is 2. The lowest BCUT2D eigenvalue weighted by atomic mass is 9.95. The summed E-state index contributed by atoms with van der Waals surface area (Å²) < 4.78 is 15.6. The first kappa shape index (κ1) is 25.4. The molecule has 0 aliphatic carbocycles. The molecule has 0 fully saturated rings. The maximum absolute atomic E-state index is 13.7. The number of aromatic nitrogens is 3. The van der Waals surface area contributed by atoms with Crippen molar-refractivity contribution in [2.45, 2.75) is 52.6 Å². The summed E-state index contributed by atoms with van der Waals surface area (Å²) >= 11 is 0. The fourth-order valence-electron chi connectivity index (χ4n) is 5.15. The van der Waals surface area contributed by atoms with Gasteiger partial charge in [-0.15, -0.1) is 0 Å². The molecule has 2 aromatic heterocycles. The van der Waals surface area contributed by atoms with Crippen LogP contribution in [0.4, 0.5) is 10.1 Å². The number of anilines is 1. The Kier molecular flexibility index (Phi) is 6.89. The first-order valence-electron chi connectivity index (χ1n) is 12.9. The van der Waals surface area contributed by atoms with Crippen molar-refractivity contribution in [2.75, 3.05) is 11.9 Å². The maximum atomic E-state index is 13.7. The smallest absolute Gasteiger partial charge is 0.276 e. The summed E-state index contributed by atoms with van der Waals surface area (Å²) in [6.45, 7) is 9.28. The number of nitrogens with one attached hydrogen (secondary N) is 2. The molecule has 0 unspecified atom stereocenters. The Hall–Kier alpha value is -4.20. The molecule has 8 heteroatoms. The highest BCUT2D eigenvalue weighted by molar-refractivity contribution is 6.04. The molecule has 2 aromatic carbocycles. The summed E-state index contributed by atoms with van der Waals surface area (Å²) in [5.41, 5.74) is 6.02. The minimum Gasteiger partial charge on any atom is -0.357 e. The van der Waals surface area contributed by atoms with E-state index in [4.69, 9.17) is 5.10 Å². The van der Waals surface area contributed by atoms with Crippen molar-refractivity contribution < 1.29 is 14.0 Å². The minimum absolute atomic E-state index is 0.0586. The molecule has 3 heterocycles. The second-order valence-corrected chi connectivity index (χ2v) is 10.3. The number of fused-ring (bicyclic) bond motifs is 1. The van der Waals surface area contributed by atoms with Crippen molar-refractivity contribution in [2.24, 2.45) is 0 Å². The lowest BCUT2D eigenvalue weighted by Crippen LogP contribution is -2.38. The molecule has 7 nitrogen and oxygen atoms in total.